The Kier molecular flexibility index (Phi) is 5.36. The first-order valence-electron chi connectivity index (χ1n) is 7.15. The summed E-state index contributed by atoms with van der Waals surface area (Å²) in [6.07, 6.45) is 4.04. The van der Waals surface area contributed by atoms with Crippen LogP contribution in [0.25, 0.3) is 0 Å². The first-order chi connectivity index (χ1) is 9.15. The average Bonchev–Trinajstić information content (AvgIpc) is 2.75. The molecule has 1 aromatic heterocycles. The van der Waals surface area contributed by atoms with Gasteiger partial charge in [-0.2, -0.15) is 0 Å². The van der Waals surface area contributed by atoms with Crippen molar-refractivity contribution in [2.45, 2.75) is 26.5 Å². The van der Waals surface area contributed by atoms with Crippen LogP contribution in [-0.4, -0.2) is 53.3 Å². The fourth-order valence-corrected chi connectivity index (χ4v) is 2.50. The standard InChI is InChI=1S/C14H26N4O/c1-12(2)9-18-4-5-19-14(10-18)8-15-6-13-7-16-11-17(13)3/h7,11-12,14-15H,4-6,8-10H2,1-3H3/t14-/m1/s1. The van der Waals surface area contributed by atoms with Gasteiger partial charge in [0.2, 0.25) is 0 Å². The number of aryl methyl sites for hydroxylation is 1. The van der Waals surface area contributed by atoms with Crippen molar-refractivity contribution in [3.63, 3.8) is 0 Å². The molecule has 1 fully saturated rings. The molecule has 2 rings (SSSR count). The number of morpholine rings is 1. The highest BCUT2D eigenvalue weighted by atomic mass is 16.5. The molecule has 1 N–H and O–H groups in total. The first kappa shape index (κ1) is 14.5. The van der Waals surface area contributed by atoms with E-state index < -0.39 is 0 Å². The summed E-state index contributed by atoms with van der Waals surface area (Å²) in [6, 6.07) is 0. The smallest absolute Gasteiger partial charge is 0.0945 e. The van der Waals surface area contributed by atoms with Gasteiger partial charge in [0.1, 0.15) is 0 Å². The number of aromatic nitrogens is 2. The maximum absolute atomic E-state index is 5.81. The number of ether oxygens (including phenoxy) is 1. The highest BCUT2D eigenvalue weighted by Crippen LogP contribution is 2.07. The molecular weight excluding hydrogens is 240 g/mol. The number of nitrogens with zero attached hydrogens (tertiary/aromatic N) is 3. The maximum Gasteiger partial charge on any atom is 0.0945 e. The van der Waals surface area contributed by atoms with E-state index in [4.69, 9.17) is 4.74 Å². The van der Waals surface area contributed by atoms with E-state index >= 15 is 0 Å². The molecule has 1 aliphatic heterocycles. The summed E-state index contributed by atoms with van der Waals surface area (Å²) < 4.78 is 7.85. The Hall–Kier alpha value is -0.910. The molecule has 108 valence electrons. The van der Waals surface area contributed by atoms with E-state index in [1.165, 1.54) is 12.2 Å². The van der Waals surface area contributed by atoms with Gasteiger partial charge in [-0.25, -0.2) is 4.98 Å². The molecule has 0 aliphatic carbocycles. The van der Waals surface area contributed by atoms with Gasteiger partial charge in [-0.3, -0.25) is 4.90 Å². The Morgan fingerprint density at radius 2 is 2.37 bits per heavy atom. The number of hydrogen-bond acceptors (Lipinski definition) is 4. The summed E-state index contributed by atoms with van der Waals surface area (Å²) in [4.78, 5) is 6.62. The Labute approximate surface area is 116 Å². The Balaban J connectivity index is 1.69. The van der Waals surface area contributed by atoms with Crippen molar-refractivity contribution >= 4 is 0 Å². The zero-order valence-electron chi connectivity index (χ0n) is 12.3. The fraction of sp³-hybridized carbons (Fsp3) is 0.786. The van der Waals surface area contributed by atoms with Gasteiger partial charge in [0, 0.05) is 46.0 Å². The second kappa shape index (κ2) is 7.03. The zero-order valence-corrected chi connectivity index (χ0v) is 12.3. The van der Waals surface area contributed by atoms with E-state index in [0.717, 1.165) is 38.7 Å². The second-order valence-electron chi connectivity index (χ2n) is 5.77. The first-order valence-corrected chi connectivity index (χ1v) is 7.15. The second-order valence-corrected chi connectivity index (χ2v) is 5.77. The summed E-state index contributed by atoms with van der Waals surface area (Å²) in [5.41, 5.74) is 1.20. The molecule has 0 unspecified atom stereocenters. The third kappa shape index (κ3) is 4.60. The van der Waals surface area contributed by atoms with E-state index in [1.54, 1.807) is 0 Å². The molecule has 5 nitrogen and oxygen atoms in total. The van der Waals surface area contributed by atoms with Gasteiger partial charge >= 0.3 is 0 Å². The largest absolute Gasteiger partial charge is 0.374 e. The van der Waals surface area contributed by atoms with Crippen molar-refractivity contribution in [2.75, 3.05) is 32.8 Å². The van der Waals surface area contributed by atoms with Gasteiger partial charge < -0.3 is 14.6 Å². The molecule has 0 radical (unpaired) electrons. The summed E-state index contributed by atoms with van der Waals surface area (Å²) in [7, 11) is 2.02. The van der Waals surface area contributed by atoms with Crippen molar-refractivity contribution in [1.82, 2.24) is 19.8 Å². The molecular formula is C14H26N4O. The normalized spacial score (nSPS) is 21.2. The minimum atomic E-state index is 0.306. The molecule has 0 amide bonds. The number of imidazole rings is 1. The molecule has 0 aromatic carbocycles. The predicted octanol–water partition coefficient (Wildman–Crippen LogP) is 0.866. The van der Waals surface area contributed by atoms with Crippen LogP contribution in [0.3, 0.4) is 0 Å². The van der Waals surface area contributed by atoms with Crippen LogP contribution in [0.4, 0.5) is 0 Å². The highest BCUT2D eigenvalue weighted by Gasteiger charge is 2.20. The van der Waals surface area contributed by atoms with E-state index in [0.29, 0.717) is 6.10 Å². The Morgan fingerprint density at radius 1 is 1.53 bits per heavy atom. The van der Waals surface area contributed by atoms with E-state index in [1.807, 2.05) is 24.1 Å². The van der Waals surface area contributed by atoms with Crippen molar-refractivity contribution < 1.29 is 4.74 Å². The lowest BCUT2D eigenvalue weighted by Crippen LogP contribution is -2.47. The molecule has 0 bridgehead atoms. The molecule has 0 saturated carbocycles. The van der Waals surface area contributed by atoms with Crippen LogP contribution < -0.4 is 5.32 Å². The topological polar surface area (TPSA) is 42.3 Å². The average molecular weight is 266 g/mol. The summed E-state index contributed by atoms with van der Waals surface area (Å²) in [6.45, 7) is 10.4. The maximum atomic E-state index is 5.81. The summed E-state index contributed by atoms with van der Waals surface area (Å²) in [5, 5.41) is 3.46. The molecule has 1 atom stereocenters. The third-order valence-electron chi connectivity index (χ3n) is 3.44. The minimum Gasteiger partial charge on any atom is -0.374 e. The van der Waals surface area contributed by atoms with Crippen molar-refractivity contribution in [3.05, 3.63) is 18.2 Å². The van der Waals surface area contributed by atoms with E-state index in [-0.39, 0.29) is 0 Å². The van der Waals surface area contributed by atoms with E-state index in [9.17, 15) is 0 Å². The van der Waals surface area contributed by atoms with Crippen LogP contribution >= 0.6 is 0 Å². The van der Waals surface area contributed by atoms with Gasteiger partial charge in [0.25, 0.3) is 0 Å². The van der Waals surface area contributed by atoms with Crippen LogP contribution in [-0.2, 0) is 18.3 Å². The summed E-state index contributed by atoms with van der Waals surface area (Å²) in [5.74, 6) is 0.723. The van der Waals surface area contributed by atoms with Gasteiger partial charge in [0.15, 0.2) is 0 Å². The van der Waals surface area contributed by atoms with Crippen LogP contribution in [0.15, 0.2) is 12.5 Å². The Bertz CT molecular complexity index is 377. The van der Waals surface area contributed by atoms with Gasteiger partial charge in [-0.15, -0.1) is 0 Å². The van der Waals surface area contributed by atoms with E-state index in [2.05, 4.69) is 29.0 Å². The molecule has 19 heavy (non-hydrogen) atoms. The third-order valence-corrected chi connectivity index (χ3v) is 3.44. The quantitative estimate of drug-likeness (QED) is 0.829. The van der Waals surface area contributed by atoms with Crippen molar-refractivity contribution in [2.24, 2.45) is 13.0 Å². The minimum absolute atomic E-state index is 0.306. The predicted molar refractivity (Wildman–Crippen MR) is 75.9 cm³/mol. The molecule has 1 saturated heterocycles. The van der Waals surface area contributed by atoms with Gasteiger partial charge in [0.05, 0.1) is 24.7 Å². The van der Waals surface area contributed by atoms with Crippen LogP contribution in [0.2, 0.25) is 0 Å². The molecule has 0 spiro atoms. The highest BCUT2D eigenvalue weighted by molar-refractivity contribution is 4.96. The lowest BCUT2D eigenvalue weighted by Gasteiger charge is -2.34. The van der Waals surface area contributed by atoms with Crippen molar-refractivity contribution in [3.8, 4) is 0 Å². The number of nitrogens with one attached hydrogen (secondary N) is 1. The Morgan fingerprint density at radius 3 is 3.05 bits per heavy atom. The van der Waals surface area contributed by atoms with Gasteiger partial charge in [-0.1, -0.05) is 13.8 Å². The van der Waals surface area contributed by atoms with Crippen LogP contribution in [0.5, 0.6) is 0 Å². The lowest BCUT2D eigenvalue weighted by atomic mass is 10.2. The van der Waals surface area contributed by atoms with Crippen molar-refractivity contribution in [1.29, 1.82) is 0 Å². The molecule has 2 heterocycles. The number of hydrogen-bond donors (Lipinski definition) is 1. The van der Waals surface area contributed by atoms with Crippen LogP contribution in [0.1, 0.15) is 19.5 Å². The molecule has 5 heteroatoms. The SMILES string of the molecule is CC(C)CN1CCO[C@H](CNCc2cncn2C)C1. The summed E-state index contributed by atoms with van der Waals surface area (Å²) >= 11 is 0. The number of rotatable bonds is 6. The monoisotopic (exact) mass is 266 g/mol. The fourth-order valence-electron chi connectivity index (χ4n) is 2.50. The van der Waals surface area contributed by atoms with Gasteiger partial charge in [-0.05, 0) is 5.92 Å². The zero-order chi connectivity index (χ0) is 13.7. The molecule has 1 aliphatic rings. The molecule has 1 aromatic rings. The lowest BCUT2D eigenvalue weighted by molar-refractivity contribution is -0.0304. The van der Waals surface area contributed by atoms with Crippen LogP contribution in [0, 0.1) is 5.92 Å².